The highest BCUT2D eigenvalue weighted by atomic mass is 15.3. The average molecular weight is 170 g/mol. The summed E-state index contributed by atoms with van der Waals surface area (Å²) in [4.78, 5) is 4.91. The molecule has 0 amide bonds. The summed E-state index contributed by atoms with van der Waals surface area (Å²) in [6, 6.07) is 0.759. The van der Waals surface area contributed by atoms with Crippen molar-refractivity contribution in [3.8, 4) is 0 Å². The topological polar surface area (TPSA) is 6.48 Å². The fourth-order valence-corrected chi connectivity index (χ4v) is 1.78. The SMILES string of the molecule is CN1CCC(N(C)C(C)(C)C)C1. The van der Waals surface area contributed by atoms with Crippen molar-refractivity contribution in [1.82, 2.24) is 9.80 Å². The molecule has 0 bridgehead atoms. The summed E-state index contributed by atoms with van der Waals surface area (Å²) in [6.07, 6.45) is 1.32. The van der Waals surface area contributed by atoms with Crippen LogP contribution in [0.3, 0.4) is 0 Å². The lowest BCUT2D eigenvalue weighted by Crippen LogP contribution is -2.46. The second-order valence-electron chi connectivity index (χ2n) is 4.99. The zero-order chi connectivity index (χ0) is 9.35. The third-order valence-corrected chi connectivity index (χ3v) is 2.97. The Balaban J connectivity index is 2.48. The Hall–Kier alpha value is -0.0800. The van der Waals surface area contributed by atoms with Gasteiger partial charge in [-0.25, -0.2) is 0 Å². The van der Waals surface area contributed by atoms with Crippen molar-refractivity contribution in [3.63, 3.8) is 0 Å². The van der Waals surface area contributed by atoms with Gasteiger partial charge < -0.3 is 4.90 Å². The summed E-state index contributed by atoms with van der Waals surface area (Å²) >= 11 is 0. The zero-order valence-electron chi connectivity index (χ0n) is 9.09. The van der Waals surface area contributed by atoms with Gasteiger partial charge in [0.05, 0.1) is 0 Å². The van der Waals surface area contributed by atoms with Crippen molar-refractivity contribution in [3.05, 3.63) is 0 Å². The van der Waals surface area contributed by atoms with Crippen molar-refractivity contribution in [2.45, 2.75) is 38.8 Å². The third kappa shape index (κ3) is 2.20. The van der Waals surface area contributed by atoms with Crippen LogP contribution in [0.25, 0.3) is 0 Å². The lowest BCUT2D eigenvalue weighted by molar-refractivity contribution is 0.120. The molecule has 0 aliphatic carbocycles. The second-order valence-corrected chi connectivity index (χ2v) is 4.99. The predicted molar refractivity (Wildman–Crippen MR) is 53.4 cm³/mol. The van der Waals surface area contributed by atoms with E-state index in [9.17, 15) is 0 Å². The highest BCUT2D eigenvalue weighted by molar-refractivity contribution is 4.86. The number of hydrogen-bond acceptors (Lipinski definition) is 2. The van der Waals surface area contributed by atoms with Gasteiger partial charge in [0.25, 0.3) is 0 Å². The van der Waals surface area contributed by atoms with Crippen LogP contribution in [0.5, 0.6) is 0 Å². The predicted octanol–water partition coefficient (Wildman–Crippen LogP) is 1.42. The normalized spacial score (nSPS) is 27.0. The van der Waals surface area contributed by atoms with E-state index in [1.54, 1.807) is 0 Å². The first-order valence-electron chi connectivity index (χ1n) is 4.83. The minimum absolute atomic E-state index is 0.315. The molecule has 0 aromatic rings. The summed E-state index contributed by atoms with van der Waals surface area (Å²) in [5, 5.41) is 0. The average Bonchev–Trinajstić information content (AvgIpc) is 2.32. The maximum absolute atomic E-state index is 2.50. The van der Waals surface area contributed by atoms with Gasteiger partial charge in [-0.15, -0.1) is 0 Å². The quantitative estimate of drug-likeness (QED) is 0.587. The van der Waals surface area contributed by atoms with E-state index in [0.29, 0.717) is 5.54 Å². The fraction of sp³-hybridized carbons (Fsp3) is 1.00. The van der Waals surface area contributed by atoms with Crippen molar-refractivity contribution in [2.75, 3.05) is 27.2 Å². The highest BCUT2D eigenvalue weighted by Gasteiger charge is 2.29. The minimum atomic E-state index is 0.315. The minimum Gasteiger partial charge on any atom is -0.305 e. The summed E-state index contributed by atoms with van der Waals surface area (Å²) in [6.45, 7) is 9.33. The molecule has 1 aliphatic heterocycles. The Morgan fingerprint density at radius 2 is 1.92 bits per heavy atom. The van der Waals surface area contributed by atoms with Crippen molar-refractivity contribution >= 4 is 0 Å². The smallest absolute Gasteiger partial charge is 0.0237 e. The number of hydrogen-bond donors (Lipinski definition) is 0. The van der Waals surface area contributed by atoms with E-state index in [4.69, 9.17) is 0 Å². The van der Waals surface area contributed by atoms with Crippen LogP contribution in [0.2, 0.25) is 0 Å². The summed E-state index contributed by atoms with van der Waals surface area (Å²) in [5.74, 6) is 0. The Kier molecular flexibility index (Phi) is 2.79. The highest BCUT2D eigenvalue weighted by Crippen LogP contribution is 2.20. The van der Waals surface area contributed by atoms with Crippen molar-refractivity contribution in [2.24, 2.45) is 0 Å². The van der Waals surface area contributed by atoms with E-state index in [0.717, 1.165) is 6.04 Å². The van der Waals surface area contributed by atoms with Crippen LogP contribution in [0, 0.1) is 0 Å². The van der Waals surface area contributed by atoms with Crippen LogP contribution < -0.4 is 0 Å². The van der Waals surface area contributed by atoms with Gasteiger partial charge in [0, 0.05) is 18.1 Å². The van der Waals surface area contributed by atoms with Crippen LogP contribution in [0.15, 0.2) is 0 Å². The molecular formula is C10H22N2. The van der Waals surface area contributed by atoms with Gasteiger partial charge in [-0.3, -0.25) is 4.90 Å². The van der Waals surface area contributed by atoms with E-state index >= 15 is 0 Å². The fourth-order valence-electron chi connectivity index (χ4n) is 1.78. The first-order valence-corrected chi connectivity index (χ1v) is 4.83. The largest absolute Gasteiger partial charge is 0.305 e. The van der Waals surface area contributed by atoms with Gasteiger partial charge in [0.1, 0.15) is 0 Å². The van der Waals surface area contributed by atoms with Gasteiger partial charge in [0.15, 0.2) is 0 Å². The van der Waals surface area contributed by atoms with Crippen LogP contribution in [0.4, 0.5) is 0 Å². The molecule has 2 nitrogen and oxygen atoms in total. The number of rotatable bonds is 1. The molecule has 1 fully saturated rings. The van der Waals surface area contributed by atoms with Crippen LogP contribution in [-0.4, -0.2) is 48.6 Å². The molecule has 1 rings (SSSR count). The second kappa shape index (κ2) is 3.35. The molecule has 1 atom stereocenters. The number of nitrogens with zero attached hydrogens (tertiary/aromatic N) is 2. The maximum Gasteiger partial charge on any atom is 0.0237 e. The van der Waals surface area contributed by atoms with E-state index in [1.807, 2.05) is 0 Å². The standard InChI is InChI=1S/C10H22N2/c1-10(2,3)12(5)9-6-7-11(4)8-9/h9H,6-8H2,1-5H3. The van der Waals surface area contributed by atoms with Gasteiger partial charge in [-0.1, -0.05) is 0 Å². The summed E-state index contributed by atoms with van der Waals surface area (Å²) in [7, 11) is 4.44. The Labute approximate surface area is 76.5 Å². The van der Waals surface area contributed by atoms with Gasteiger partial charge in [0.2, 0.25) is 0 Å². The summed E-state index contributed by atoms with van der Waals surface area (Å²) in [5.41, 5.74) is 0.315. The van der Waals surface area contributed by atoms with E-state index in [-0.39, 0.29) is 0 Å². The molecule has 1 saturated heterocycles. The molecule has 0 aromatic carbocycles. The van der Waals surface area contributed by atoms with Gasteiger partial charge in [-0.2, -0.15) is 0 Å². The Morgan fingerprint density at radius 1 is 1.33 bits per heavy atom. The molecule has 0 aromatic heterocycles. The molecule has 0 saturated carbocycles. The first-order chi connectivity index (χ1) is 5.41. The van der Waals surface area contributed by atoms with E-state index in [2.05, 4.69) is 44.7 Å². The van der Waals surface area contributed by atoms with Crippen LogP contribution in [-0.2, 0) is 0 Å². The van der Waals surface area contributed by atoms with Gasteiger partial charge >= 0.3 is 0 Å². The van der Waals surface area contributed by atoms with Crippen molar-refractivity contribution < 1.29 is 0 Å². The molecule has 2 heteroatoms. The third-order valence-electron chi connectivity index (χ3n) is 2.97. The maximum atomic E-state index is 2.50. The van der Waals surface area contributed by atoms with Crippen LogP contribution in [0.1, 0.15) is 27.2 Å². The van der Waals surface area contributed by atoms with E-state index < -0.39 is 0 Å². The molecule has 1 aliphatic rings. The Bertz CT molecular complexity index is 148. The van der Waals surface area contributed by atoms with E-state index in [1.165, 1.54) is 19.5 Å². The molecular weight excluding hydrogens is 148 g/mol. The lowest BCUT2D eigenvalue weighted by Gasteiger charge is -2.36. The van der Waals surface area contributed by atoms with Gasteiger partial charge in [-0.05, 0) is 47.8 Å². The summed E-state index contributed by atoms with van der Waals surface area (Å²) < 4.78 is 0. The monoisotopic (exact) mass is 170 g/mol. The van der Waals surface area contributed by atoms with Crippen LogP contribution >= 0.6 is 0 Å². The zero-order valence-corrected chi connectivity index (χ0v) is 9.09. The molecule has 0 spiro atoms. The number of likely N-dealkylation sites (tertiary alicyclic amines) is 1. The molecule has 1 unspecified atom stereocenters. The molecule has 72 valence electrons. The Morgan fingerprint density at radius 3 is 2.25 bits per heavy atom. The molecule has 0 radical (unpaired) electrons. The molecule has 0 N–H and O–H groups in total. The molecule has 12 heavy (non-hydrogen) atoms. The molecule has 1 heterocycles. The van der Waals surface area contributed by atoms with Crippen molar-refractivity contribution in [1.29, 1.82) is 0 Å². The lowest BCUT2D eigenvalue weighted by atomic mass is 10.0. The number of likely N-dealkylation sites (N-methyl/N-ethyl adjacent to an activating group) is 2. The first kappa shape index (κ1) is 10.0.